The third-order valence-corrected chi connectivity index (χ3v) is 2.81. The molecule has 0 fully saturated rings. The van der Waals surface area contributed by atoms with E-state index in [1.54, 1.807) is 0 Å². The number of unbranched alkanes of at least 4 members (excludes halogenated alkanes) is 1. The molecule has 0 atom stereocenters. The zero-order valence-electron chi connectivity index (χ0n) is 11.9. The van der Waals surface area contributed by atoms with Gasteiger partial charge in [0.25, 0.3) is 0 Å². The van der Waals surface area contributed by atoms with Crippen LogP contribution in [0, 0.1) is 0 Å². The van der Waals surface area contributed by atoms with Crippen LogP contribution in [0.25, 0.3) is 6.08 Å². The van der Waals surface area contributed by atoms with E-state index in [-0.39, 0.29) is 42.7 Å². The monoisotopic (exact) mass is 297 g/mol. The van der Waals surface area contributed by atoms with Crippen LogP contribution in [0.5, 0.6) is 0 Å². The van der Waals surface area contributed by atoms with Crippen LogP contribution >= 0.6 is 0 Å². The van der Waals surface area contributed by atoms with Crippen molar-refractivity contribution in [2.24, 2.45) is 0 Å². The molecule has 1 rings (SSSR count). The molecule has 2 N–H and O–H groups in total. The average molecular weight is 297 g/mol. The van der Waals surface area contributed by atoms with Gasteiger partial charge < -0.3 is 11.2 Å². The minimum absolute atomic E-state index is 0. The Morgan fingerprint density at radius 1 is 1.53 bits per heavy atom. The maximum Gasteiger partial charge on any atom is 1.00 e. The van der Waals surface area contributed by atoms with Crippen LogP contribution in [0.2, 0.25) is 0 Å². The summed E-state index contributed by atoms with van der Waals surface area (Å²) in [5, 5.41) is 2.11. The molecule has 19 heavy (non-hydrogen) atoms. The summed E-state index contributed by atoms with van der Waals surface area (Å²) < 4.78 is 35.0. The predicted molar refractivity (Wildman–Crippen MR) is 66.6 cm³/mol. The Balaban J connectivity index is 0. The fraction of sp³-hybridized carbons (Fsp3) is 0.364. The number of furan rings is 1. The molecule has 1 heterocycles. The summed E-state index contributed by atoms with van der Waals surface area (Å²) in [6, 6.07) is 2.46. The van der Waals surface area contributed by atoms with E-state index < -0.39 is 15.2 Å². The molecule has 0 radical (unpaired) electrons. The number of amides is 1. The van der Waals surface area contributed by atoms with Gasteiger partial charge in [0.05, 0.1) is 0 Å². The number of carbonyl (C=O) groups is 1. The van der Waals surface area contributed by atoms with E-state index in [1.807, 2.05) is 6.92 Å². The van der Waals surface area contributed by atoms with E-state index in [9.17, 15) is 13.2 Å². The molecular formula is C11H16NNaO5S. The second kappa shape index (κ2) is 8.55. The molecule has 0 saturated heterocycles. The van der Waals surface area contributed by atoms with Crippen molar-refractivity contribution >= 4 is 22.1 Å². The van der Waals surface area contributed by atoms with Gasteiger partial charge in [0.2, 0.25) is 11.0 Å². The summed E-state index contributed by atoms with van der Waals surface area (Å²) in [7, 11) is -4.34. The largest absolute Gasteiger partial charge is 1.00 e. The SMILES string of the molecule is CCCCNC(=O)C=Cc1ccc(S(=O)(=O)O)o1.[H-].[Na+]. The zero-order chi connectivity index (χ0) is 13.6. The molecule has 0 aromatic carbocycles. The van der Waals surface area contributed by atoms with E-state index >= 15 is 0 Å². The van der Waals surface area contributed by atoms with Gasteiger partial charge in [-0.15, -0.1) is 0 Å². The van der Waals surface area contributed by atoms with Crippen molar-refractivity contribution in [3.63, 3.8) is 0 Å². The molecule has 102 valence electrons. The van der Waals surface area contributed by atoms with E-state index in [2.05, 4.69) is 5.32 Å². The summed E-state index contributed by atoms with van der Waals surface area (Å²) in [6.45, 7) is 2.61. The summed E-state index contributed by atoms with van der Waals surface area (Å²) in [5.41, 5.74) is 0. The first-order valence-electron chi connectivity index (χ1n) is 5.46. The topological polar surface area (TPSA) is 96.6 Å². The molecule has 8 heteroatoms. The quantitative estimate of drug-likeness (QED) is 0.290. The van der Waals surface area contributed by atoms with Crippen molar-refractivity contribution < 1.29 is 53.2 Å². The Morgan fingerprint density at radius 2 is 2.21 bits per heavy atom. The van der Waals surface area contributed by atoms with Gasteiger partial charge in [-0.2, -0.15) is 8.42 Å². The Kier molecular flexibility index (Phi) is 8.28. The number of nitrogens with one attached hydrogen (secondary N) is 1. The third-order valence-electron chi connectivity index (χ3n) is 2.08. The van der Waals surface area contributed by atoms with Gasteiger partial charge in [-0.05, 0) is 24.6 Å². The fourth-order valence-electron chi connectivity index (χ4n) is 1.17. The van der Waals surface area contributed by atoms with Gasteiger partial charge in [0, 0.05) is 12.6 Å². The molecule has 0 aliphatic rings. The van der Waals surface area contributed by atoms with Crippen molar-refractivity contribution in [3.05, 3.63) is 24.0 Å². The second-order valence-electron chi connectivity index (χ2n) is 3.61. The smallest absolute Gasteiger partial charge is 1.00 e. The second-order valence-corrected chi connectivity index (χ2v) is 4.96. The Labute approximate surface area is 135 Å². The number of rotatable bonds is 6. The first kappa shape index (κ1) is 18.4. The molecule has 1 aromatic heterocycles. The first-order chi connectivity index (χ1) is 8.43. The number of hydrogen-bond donors (Lipinski definition) is 2. The van der Waals surface area contributed by atoms with Crippen LogP contribution in [-0.2, 0) is 14.9 Å². The molecule has 6 nitrogen and oxygen atoms in total. The standard InChI is InChI=1S/C11H15NO5S.Na.H/c1-2-3-8-12-10(13)6-4-9-5-7-11(17-9)18(14,15)16;;/h4-7H,2-3,8H2,1H3,(H,12,13)(H,14,15,16);;/q;+1;-1. The fourth-order valence-corrected chi connectivity index (χ4v) is 1.61. The van der Waals surface area contributed by atoms with Gasteiger partial charge in [-0.1, -0.05) is 13.3 Å². The van der Waals surface area contributed by atoms with Gasteiger partial charge >= 0.3 is 39.7 Å². The van der Waals surface area contributed by atoms with Crippen LogP contribution in [0.3, 0.4) is 0 Å². The molecule has 0 aliphatic heterocycles. The minimum atomic E-state index is -4.34. The Bertz CT molecular complexity index is 541. The Hall–Kier alpha value is -0.600. The molecule has 0 bridgehead atoms. The molecule has 0 unspecified atom stereocenters. The maximum absolute atomic E-state index is 11.3. The molecular weight excluding hydrogens is 281 g/mol. The van der Waals surface area contributed by atoms with Crippen LogP contribution in [-0.4, -0.2) is 25.4 Å². The summed E-state index contributed by atoms with van der Waals surface area (Å²) in [6.07, 6.45) is 4.45. The van der Waals surface area contributed by atoms with Crippen LogP contribution in [0.15, 0.2) is 27.7 Å². The van der Waals surface area contributed by atoms with Gasteiger partial charge in [-0.25, -0.2) is 0 Å². The average Bonchev–Trinajstić information content (AvgIpc) is 2.75. The van der Waals surface area contributed by atoms with Crippen LogP contribution in [0.4, 0.5) is 0 Å². The van der Waals surface area contributed by atoms with Crippen molar-refractivity contribution in [2.45, 2.75) is 24.9 Å². The molecule has 1 amide bonds. The van der Waals surface area contributed by atoms with E-state index in [0.717, 1.165) is 18.9 Å². The molecule has 1 aromatic rings. The zero-order valence-corrected chi connectivity index (χ0v) is 13.7. The first-order valence-corrected chi connectivity index (χ1v) is 6.90. The van der Waals surface area contributed by atoms with E-state index in [1.165, 1.54) is 18.2 Å². The van der Waals surface area contributed by atoms with Crippen molar-refractivity contribution in [1.29, 1.82) is 0 Å². The molecule has 0 saturated carbocycles. The van der Waals surface area contributed by atoms with Crippen molar-refractivity contribution in [1.82, 2.24) is 5.32 Å². The van der Waals surface area contributed by atoms with Gasteiger partial charge in [0.1, 0.15) is 5.76 Å². The minimum Gasteiger partial charge on any atom is -1.00 e. The van der Waals surface area contributed by atoms with E-state index in [4.69, 9.17) is 8.97 Å². The van der Waals surface area contributed by atoms with Gasteiger partial charge in [-0.3, -0.25) is 9.35 Å². The van der Waals surface area contributed by atoms with Crippen molar-refractivity contribution in [2.75, 3.05) is 6.54 Å². The van der Waals surface area contributed by atoms with Crippen LogP contribution < -0.4 is 34.9 Å². The number of hydrogen-bond acceptors (Lipinski definition) is 4. The van der Waals surface area contributed by atoms with Crippen LogP contribution in [0.1, 0.15) is 27.0 Å². The molecule has 0 spiro atoms. The maximum atomic E-state index is 11.3. The summed E-state index contributed by atoms with van der Waals surface area (Å²) in [4.78, 5) is 11.3. The molecule has 0 aliphatic carbocycles. The normalized spacial score (nSPS) is 11.3. The van der Waals surface area contributed by atoms with E-state index in [0.29, 0.717) is 6.54 Å². The van der Waals surface area contributed by atoms with Crippen molar-refractivity contribution in [3.8, 4) is 0 Å². The summed E-state index contributed by atoms with van der Waals surface area (Å²) in [5.74, 6) is -0.110. The third kappa shape index (κ3) is 6.93. The predicted octanol–water partition coefficient (Wildman–Crippen LogP) is -1.43. The Morgan fingerprint density at radius 3 is 2.74 bits per heavy atom. The van der Waals surface area contributed by atoms with Gasteiger partial charge in [0.15, 0.2) is 0 Å². The number of carbonyl (C=O) groups excluding carboxylic acids is 1. The summed E-state index contributed by atoms with van der Waals surface area (Å²) >= 11 is 0.